The van der Waals surface area contributed by atoms with Crippen LogP contribution in [0.3, 0.4) is 0 Å². The van der Waals surface area contributed by atoms with Gasteiger partial charge >= 0.3 is 0 Å². The summed E-state index contributed by atoms with van der Waals surface area (Å²) in [4.78, 5) is 14.6. The normalized spacial score (nSPS) is 21.6. The van der Waals surface area contributed by atoms with Gasteiger partial charge in [0.25, 0.3) is 5.91 Å². The number of amides is 1. The van der Waals surface area contributed by atoms with E-state index in [1.807, 2.05) is 54.3 Å². The molecule has 0 aromatic heterocycles. The highest BCUT2D eigenvalue weighted by Gasteiger charge is 2.31. The fourth-order valence-corrected chi connectivity index (χ4v) is 2.92. The van der Waals surface area contributed by atoms with Gasteiger partial charge in [-0.2, -0.15) is 0 Å². The van der Waals surface area contributed by atoms with Crippen molar-refractivity contribution in [2.45, 2.75) is 19.1 Å². The highest BCUT2D eigenvalue weighted by Crippen LogP contribution is 2.27. The number of rotatable bonds is 2. The Kier molecular flexibility index (Phi) is 4.46. The molecule has 0 N–H and O–H groups in total. The lowest BCUT2D eigenvalue weighted by atomic mass is 10.0. The zero-order valence-corrected chi connectivity index (χ0v) is 13.2. The van der Waals surface area contributed by atoms with E-state index in [0.29, 0.717) is 23.7 Å². The first-order valence-corrected chi connectivity index (χ1v) is 7.76. The maximum atomic E-state index is 12.8. The van der Waals surface area contributed by atoms with Crippen LogP contribution in [-0.2, 0) is 4.74 Å². The molecule has 0 bridgehead atoms. The minimum absolute atomic E-state index is 0.0312. The Bertz CT molecular complexity index is 659. The van der Waals surface area contributed by atoms with Gasteiger partial charge in [0.1, 0.15) is 6.10 Å². The highest BCUT2D eigenvalue weighted by molar-refractivity contribution is 6.33. The third-order valence-corrected chi connectivity index (χ3v) is 4.30. The molecule has 1 aliphatic rings. The van der Waals surface area contributed by atoms with Gasteiger partial charge in [0.15, 0.2) is 0 Å². The first-order chi connectivity index (χ1) is 10.7. The van der Waals surface area contributed by atoms with E-state index in [9.17, 15) is 4.79 Å². The Labute approximate surface area is 135 Å². The fourth-order valence-electron chi connectivity index (χ4n) is 2.70. The molecule has 0 radical (unpaired) electrons. The first-order valence-electron chi connectivity index (χ1n) is 7.39. The number of hydrogen-bond donors (Lipinski definition) is 0. The molecule has 0 saturated carbocycles. The van der Waals surface area contributed by atoms with Crippen molar-refractivity contribution in [1.82, 2.24) is 4.90 Å². The number of ether oxygens (including phenoxy) is 1. The molecule has 2 aromatic rings. The van der Waals surface area contributed by atoms with E-state index in [0.717, 1.165) is 5.56 Å². The van der Waals surface area contributed by atoms with Crippen molar-refractivity contribution in [1.29, 1.82) is 0 Å². The number of carbonyl (C=O) groups is 1. The van der Waals surface area contributed by atoms with E-state index >= 15 is 0 Å². The van der Waals surface area contributed by atoms with E-state index in [2.05, 4.69) is 0 Å². The number of halogens is 1. The van der Waals surface area contributed by atoms with Gasteiger partial charge in [0, 0.05) is 0 Å². The van der Waals surface area contributed by atoms with Gasteiger partial charge in [-0.15, -0.1) is 0 Å². The van der Waals surface area contributed by atoms with Crippen molar-refractivity contribution >= 4 is 17.5 Å². The molecular formula is C18H18ClNO2. The lowest BCUT2D eigenvalue weighted by Crippen LogP contribution is -2.48. The summed E-state index contributed by atoms with van der Waals surface area (Å²) in [5.41, 5.74) is 1.64. The molecule has 2 unspecified atom stereocenters. The van der Waals surface area contributed by atoms with Crippen LogP contribution in [-0.4, -0.2) is 30.0 Å². The van der Waals surface area contributed by atoms with Crippen molar-refractivity contribution in [3.8, 4) is 0 Å². The molecule has 2 aromatic carbocycles. The summed E-state index contributed by atoms with van der Waals surface area (Å²) in [6.07, 6.45) is -0.0937. The van der Waals surface area contributed by atoms with Crippen molar-refractivity contribution < 1.29 is 9.53 Å². The molecule has 1 heterocycles. The number of benzene rings is 2. The van der Waals surface area contributed by atoms with Gasteiger partial charge in [0.05, 0.1) is 29.8 Å². The Morgan fingerprint density at radius 1 is 1.14 bits per heavy atom. The van der Waals surface area contributed by atoms with Gasteiger partial charge < -0.3 is 9.64 Å². The third kappa shape index (κ3) is 3.01. The van der Waals surface area contributed by atoms with Crippen LogP contribution in [0.2, 0.25) is 5.02 Å². The first kappa shape index (κ1) is 15.1. The average Bonchev–Trinajstić information content (AvgIpc) is 2.56. The highest BCUT2D eigenvalue weighted by atomic mass is 35.5. The molecule has 114 valence electrons. The average molecular weight is 316 g/mol. The van der Waals surface area contributed by atoms with Gasteiger partial charge in [0.2, 0.25) is 0 Å². The van der Waals surface area contributed by atoms with Crippen LogP contribution in [0, 0.1) is 0 Å². The monoisotopic (exact) mass is 315 g/mol. The summed E-state index contributed by atoms with van der Waals surface area (Å²) in [6, 6.07) is 17.2. The van der Waals surface area contributed by atoms with Crippen LogP contribution < -0.4 is 0 Å². The summed E-state index contributed by atoms with van der Waals surface area (Å²) < 4.78 is 5.90. The number of carbonyl (C=O) groups excluding carboxylic acids is 1. The maximum Gasteiger partial charge on any atom is 0.255 e. The zero-order chi connectivity index (χ0) is 15.5. The Morgan fingerprint density at radius 2 is 1.82 bits per heavy atom. The quantitative estimate of drug-likeness (QED) is 0.840. The zero-order valence-electron chi connectivity index (χ0n) is 12.4. The van der Waals surface area contributed by atoms with Crippen molar-refractivity contribution in [3.05, 3.63) is 70.7 Å². The van der Waals surface area contributed by atoms with Crippen molar-refractivity contribution in [3.63, 3.8) is 0 Å². The predicted octanol–water partition coefficient (Wildman–Crippen LogP) is 3.94. The fraction of sp³-hybridized carbons (Fsp3) is 0.278. The van der Waals surface area contributed by atoms with Crippen molar-refractivity contribution in [2.75, 3.05) is 13.2 Å². The Hall–Kier alpha value is -1.84. The minimum Gasteiger partial charge on any atom is -0.370 e. The molecule has 3 rings (SSSR count). The van der Waals surface area contributed by atoms with Crippen LogP contribution in [0.5, 0.6) is 0 Å². The summed E-state index contributed by atoms with van der Waals surface area (Å²) >= 11 is 6.16. The van der Waals surface area contributed by atoms with Gasteiger partial charge in [-0.1, -0.05) is 54.1 Å². The van der Waals surface area contributed by atoms with E-state index < -0.39 is 0 Å². The molecule has 1 aliphatic heterocycles. The van der Waals surface area contributed by atoms with E-state index in [1.165, 1.54) is 0 Å². The second-order valence-corrected chi connectivity index (χ2v) is 5.93. The van der Waals surface area contributed by atoms with Crippen LogP contribution in [0.4, 0.5) is 0 Å². The molecular weight excluding hydrogens is 298 g/mol. The van der Waals surface area contributed by atoms with E-state index in [4.69, 9.17) is 16.3 Å². The second-order valence-electron chi connectivity index (χ2n) is 5.52. The molecule has 1 saturated heterocycles. The van der Waals surface area contributed by atoms with Crippen LogP contribution in [0.25, 0.3) is 0 Å². The second kappa shape index (κ2) is 6.51. The minimum atomic E-state index is -0.0937. The van der Waals surface area contributed by atoms with Crippen LogP contribution in [0.1, 0.15) is 28.9 Å². The number of nitrogens with zero attached hydrogens (tertiary/aromatic N) is 1. The molecule has 1 fully saturated rings. The summed E-state index contributed by atoms with van der Waals surface area (Å²) in [6.45, 7) is 3.06. The molecule has 4 heteroatoms. The molecule has 3 nitrogen and oxygen atoms in total. The molecule has 2 atom stereocenters. The third-order valence-electron chi connectivity index (χ3n) is 3.97. The number of hydrogen-bond acceptors (Lipinski definition) is 2. The standard InChI is InChI=1S/C18H18ClNO2/c1-13-12-22-17(14-7-3-2-4-8-14)11-20(13)18(21)15-9-5-6-10-16(15)19/h2-10,13,17H,11-12H2,1H3. The van der Waals surface area contributed by atoms with Gasteiger partial charge in [-0.05, 0) is 24.6 Å². The van der Waals surface area contributed by atoms with Gasteiger partial charge in [-0.25, -0.2) is 0 Å². The topological polar surface area (TPSA) is 29.5 Å². The maximum absolute atomic E-state index is 12.8. The largest absolute Gasteiger partial charge is 0.370 e. The smallest absolute Gasteiger partial charge is 0.255 e. The Balaban J connectivity index is 1.83. The van der Waals surface area contributed by atoms with E-state index in [1.54, 1.807) is 12.1 Å². The van der Waals surface area contributed by atoms with Gasteiger partial charge in [-0.3, -0.25) is 4.79 Å². The molecule has 0 spiro atoms. The lowest BCUT2D eigenvalue weighted by Gasteiger charge is -2.38. The summed E-state index contributed by atoms with van der Waals surface area (Å²) in [5, 5.41) is 0.488. The lowest BCUT2D eigenvalue weighted by molar-refractivity contribution is -0.0486. The number of morpholine rings is 1. The summed E-state index contributed by atoms with van der Waals surface area (Å²) in [5.74, 6) is -0.0395. The molecule has 0 aliphatic carbocycles. The van der Waals surface area contributed by atoms with E-state index in [-0.39, 0.29) is 18.1 Å². The Morgan fingerprint density at radius 3 is 2.55 bits per heavy atom. The summed E-state index contributed by atoms with van der Waals surface area (Å²) in [7, 11) is 0. The molecule has 22 heavy (non-hydrogen) atoms. The van der Waals surface area contributed by atoms with Crippen molar-refractivity contribution in [2.24, 2.45) is 0 Å². The van der Waals surface area contributed by atoms with Crippen LogP contribution in [0.15, 0.2) is 54.6 Å². The SMILES string of the molecule is CC1COC(c2ccccc2)CN1C(=O)c1ccccc1Cl. The predicted molar refractivity (Wildman–Crippen MR) is 87.1 cm³/mol. The molecule has 1 amide bonds. The van der Waals surface area contributed by atoms with Crippen LogP contribution >= 0.6 is 11.6 Å².